The Labute approximate surface area is 152 Å². The highest BCUT2D eigenvalue weighted by atomic mass is 35.5. The molecule has 0 saturated heterocycles. The topological polar surface area (TPSA) is 43.6 Å². The molecular weight excluding hydrogens is 344 g/mol. The maximum absolute atomic E-state index is 11.9. The number of pyridine rings is 1. The lowest BCUT2D eigenvalue weighted by Crippen LogP contribution is -2.14. The van der Waals surface area contributed by atoms with Crippen LogP contribution < -0.4 is 0 Å². The summed E-state index contributed by atoms with van der Waals surface area (Å²) in [5, 5.41) is 0.631. The molecule has 0 spiro atoms. The number of unbranched alkanes of at least 4 members (excludes halogenated alkanes) is 1. The lowest BCUT2D eigenvalue weighted by molar-refractivity contribution is -0.144. The zero-order valence-corrected chi connectivity index (χ0v) is 15.9. The van der Waals surface area contributed by atoms with Crippen LogP contribution in [-0.2, 0) is 9.53 Å². The standard InChI is InChI=1S/C18H25ClN2O2S/c1-3-5-6-14(4-2)13-23-16(22)8-12-24-15-7-10-21-11-9-20-18(21)17(15)19/h7,9-11,14H,3-6,8,12-13H2,1-2H3. The van der Waals surface area contributed by atoms with Gasteiger partial charge in [0.1, 0.15) is 0 Å². The summed E-state index contributed by atoms with van der Waals surface area (Å²) in [6.07, 6.45) is 10.5. The van der Waals surface area contributed by atoms with Crippen molar-refractivity contribution in [3.63, 3.8) is 0 Å². The number of thioether (sulfide) groups is 1. The Hall–Kier alpha value is -1.20. The van der Waals surface area contributed by atoms with Gasteiger partial charge in [-0.25, -0.2) is 4.98 Å². The van der Waals surface area contributed by atoms with Gasteiger partial charge in [0.2, 0.25) is 0 Å². The van der Waals surface area contributed by atoms with Crippen LogP contribution in [0, 0.1) is 5.92 Å². The zero-order chi connectivity index (χ0) is 17.4. The molecule has 0 fully saturated rings. The van der Waals surface area contributed by atoms with E-state index in [9.17, 15) is 4.79 Å². The van der Waals surface area contributed by atoms with Gasteiger partial charge in [-0.2, -0.15) is 0 Å². The summed E-state index contributed by atoms with van der Waals surface area (Å²) in [4.78, 5) is 17.1. The maximum Gasteiger partial charge on any atom is 0.306 e. The van der Waals surface area contributed by atoms with E-state index >= 15 is 0 Å². The SMILES string of the molecule is CCCCC(CC)COC(=O)CCSc1ccn2ccnc2c1Cl. The van der Waals surface area contributed by atoms with Crippen molar-refractivity contribution in [2.24, 2.45) is 5.92 Å². The highest BCUT2D eigenvalue weighted by molar-refractivity contribution is 7.99. The third kappa shape index (κ3) is 5.42. The molecule has 2 aromatic heterocycles. The van der Waals surface area contributed by atoms with E-state index in [4.69, 9.17) is 16.3 Å². The number of fused-ring (bicyclic) bond motifs is 1. The molecule has 0 amide bonds. The highest BCUT2D eigenvalue weighted by Gasteiger charge is 2.11. The van der Waals surface area contributed by atoms with E-state index in [1.165, 1.54) is 12.8 Å². The maximum atomic E-state index is 11.9. The van der Waals surface area contributed by atoms with Gasteiger partial charge in [0, 0.05) is 29.2 Å². The van der Waals surface area contributed by atoms with Crippen LogP contribution in [0.25, 0.3) is 5.65 Å². The minimum atomic E-state index is -0.129. The van der Waals surface area contributed by atoms with Crippen molar-refractivity contribution >= 4 is 35.0 Å². The Morgan fingerprint density at radius 1 is 1.42 bits per heavy atom. The minimum absolute atomic E-state index is 0.129. The van der Waals surface area contributed by atoms with Gasteiger partial charge >= 0.3 is 5.97 Å². The molecule has 0 aliphatic heterocycles. The van der Waals surface area contributed by atoms with Crippen molar-refractivity contribution in [2.75, 3.05) is 12.4 Å². The fraction of sp³-hybridized carbons (Fsp3) is 0.556. The predicted octanol–water partition coefficient (Wildman–Crippen LogP) is 5.23. The summed E-state index contributed by atoms with van der Waals surface area (Å²) in [5.74, 6) is 1.01. The van der Waals surface area contributed by atoms with Crippen LogP contribution in [0.3, 0.4) is 0 Å². The van der Waals surface area contributed by atoms with Crippen molar-refractivity contribution in [1.82, 2.24) is 9.38 Å². The van der Waals surface area contributed by atoms with E-state index in [0.717, 1.165) is 23.4 Å². The molecular formula is C18H25ClN2O2S. The molecule has 24 heavy (non-hydrogen) atoms. The van der Waals surface area contributed by atoms with Gasteiger partial charge in [0.05, 0.1) is 18.1 Å². The van der Waals surface area contributed by atoms with Crippen LogP contribution in [0.15, 0.2) is 29.6 Å². The lowest BCUT2D eigenvalue weighted by atomic mass is 10.0. The highest BCUT2D eigenvalue weighted by Crippen LogP contribution is 2.30. The van der Waals surface area contributed by atoms with Gasteiger partial charge in [-0.15, -0.1) is 11.8 Å². The zero-order valence-electron chi connectivity index (χ0n) is 14.3. The van der Waals surface area contributed by atoms with Crippen molar-refractivity contribution < 1.29 is 9.53 Å². The van der Waals surface area contributed by atoms with Gasteiger partial charge in [-0.3, -0.25) is 4.79 Å². The van der Waals surface area contributed by atoms with E-state index in [-0.39, 0.29) is 5.97 Å². The van der Waals surface area contributed by atoms with E-state index in [1.807, 2.05) is 22.9 Å². The Kier molecular flexibility index (Phi) is 7.92. The van der Waals surface area contributed by atoms with E-state index in [2.05, 4.69) is 18.8 Å². The first-order chi connectivity index (χ1) is 11.7. The van der Waals surface area contributed by atoms with Crippen LogP contribution >= 0.6 is 23.4 Å². The number of esters is 1. The Morgan fingerprint density at radius 2 is 2.25 bits per heavy atom. The molecule has 0 saturated carbocycles. The number of hydrogen-bond acceptors (Lipinski definition) is 4. The van der Waals surface area contributed by atoms with Gasteiger partial charge < -0.3 is 9.14 Å². The number of carbonyl (C=O) groups is 1. The molecule has 2 rings (SSSR count). The first-order valence-corrected chi connectivity index (χ1v) is 9.91. The Morgan fingerprint density at radius 3 is 3.00 bits per heavy atom. The van der Waals surface area contributed by atoms with E-state index in [0.29, 0.717) is 29.7 Å². The summed E-state index contributed by atoms with van der Waals surface area (Å²) in [6.45, 7) is 4.88. The van der Waals surface area contributed by atoms with Crippen LogP contribution in [0.5, 0.6) is 0 Å². The summed E-state index contributed by atoms with van der Waals surface area (Å²) in [5.41, 5.74) is 0.742. The quantitative estimate of drug-likeness (QED) is 0.425. The number of imidazole rings is 1. The van der Waals surface area contributed by atoms with Crippen LogP contribution in [-0.4, -0.2) is 27.7 Å². The number of rotatable bonds is 10. The minimum Gasteiger partial charge on any atom is -0.465 e. The van der Waals surface area contributed by atoms with E-state index in [1.54, 1.807) is 18.0 Å². The molecule has 0 aliphatic carbocycles. The fourth-order valence-corrected chi connectivity index (χ4v) is 3.71. The second-order valence-corrected chi connectivity index (χ2v) is 7.36. The molecule has 1 unspecified atom stereocenters. The monoisotopic (exact) mass is 368 g/mol. The van der Waals surface area contributed by atoms with E-state index < -0.39 is 0 Å². The number of hydrogen-bond donors (Lipinski definition) is 0. The number of aromatic nitrogens is 2. The molecule has 0 aliphatic rings. The molecule has 4 nitrogen and oxygen atoms in total. The predicted molar refractivity (Wildman–Crippen MR) is 99.8 cm³/mol. The van der Waals surface area contributed by atoms with Crippen molar-refractivity contribution in [1.29, 1.82) is 0 Å². The molecule has 0 radical (unpaired) electrons. The van der Waals surface area contributed by atoms with Gasteiger partial charge in [-0.1, -0.05) is 44.7 Å². The van der Waals surface area contributed by atoms with Crippen LogP contribution in [0.2, 0.25) is 5.02 Å². The largest absolute Gasteiger partial charge is 0.465 e. The average Bonchev–Trinajstić information content (AvgIpc) is 3.06. The Balaban J connectivity index is 1.74. The molecule has 0 N–H and O–H groups in total. The normalized spacial score (nSPS) is 12.5. The first kappa shape index (κ1) is 19.1. The molecule has 2 aromatic rings. The smallest absolute Gasteiger partial charge is 0.306 e. The number of halogens is 1. The second-order valence-electron chi connectivity index (χ2n) is 5.85. The second kappa shape index (κ2) is 9.94. The van der Waals surface area contributed by atoms with Crippen molar-refractivity contribution in [3.05, 3.63) is 29.7 Å². The summed E-state index contributed by atoms with van der Waals surface area (Å²) in [7, 11) is 0. The summed E-state index contributed by atoms with van der Waals surface area (Å²) >= 11 is 7.91. The van der Waals surface area contributed by atoms with Crippen molar-refractivity contribution in [3.8, 4) is 0 Å². The number of carbonyl (C=O) groups excluding carboxylic acids is 1. The molecule has 1 atom stereocenters. The van der Waals surface area contributed by atoms with Crippen molar-refractivity contribution in [2.45, 2.75) is 50.8 Å². The third-order valence-corrected chi connectivity index (χ3v) is 5.60. The summed E-state index contributed by atoms with van der Waals surface area (Å²) in [6, 6.07) is 1.95. The fourth-order valence-electron chi connectivity index (χ4n) is 2.47. The third-order valence-electron chi connectivity index (χ3n) is 4.05. The molecule has 132 valence electrons. The average molecular weight is 369 g/mol. The summed E-state index contributed by atoms with van der Waals surface area (Å²) < 4.78 is 7.29. The van der Waals surface area contributed by atoms with Gasteiger partial charge in [0.15, 0.2) is 5.65 Å². The molecule has 6 heteroatoms. The van der Waals surface area contributed by atoms with Gasteiger partial charge in [0.25, 0.3) is 0 Å². The number of nitrogens with zero attached hydrogens (tertiary/aromatic N) is 2. The Bertz CT molecular complexity index is 660. The molecule has 0 bridgehead atoms. The van der Waals surface area contributed by atoms with Crippen LogP contribution in [0.1, 0.15) is 46.0 Å². The molecule has 0 aromatic carbocycles. The molecule has 2 heterocycles. The number of ether oxygens (including phenoxy) is 1. The first-order valence-electron chi connectivity index (χ1n) is 8.55. The van der Waals surface area contributed by atoms with Crippen LogP contribution in [0.4, 0.5) is 0 Å². The van der Waals surface area contributed by atoms with Gasteiger partial charge in [-0.05, 0) is 18.4 Å². The lowest BCUT2D eigenvalue weighted by Gasteiger charge is -2.14.